The van der Waals surface area contributed by atoms with Crippen LogP contribution in [0.4, 0.5) is 4.39 Å². The largest absolute Gasteiger partial charge is 0.348 e. The molecule has 2 amide bonds. The fourth-order valence-corrected chi connectivity index (χ4v) is 5.90. The van der Waals surface area contributed by atoms with E-state index in [2.05, 4.69) is 10.2 Å². The van der Waals surface area contributed by atoms with Gasteiger partial charge in [-0.15, -0.1) is 0 Å². The minimum absolute atomic E-state index is 0.0680. The van der Waals surface area contributed by atoms with Crippen molar-refractivity contribution in [3.63, 3.8) is 0 Å². The normalized spacial score (nSPS) is 21.1. The van der Waals surface area contributed by atoms with Crippen LogP contribution >= 0.6 is 11.6 Å². The zero-order valence-electron chi connectivity index (χ0n) is 19.5. The second-order valence-electron chi connectivity index (χ2n) is 9.48. The maximum Gasteiger partial charge on any atom is 0.258 e. The zero-order chi connectivity index (χ0) is 25.2. The fourth-order valence-electron chi connectivity index (χ4n) is 5.09. The summed E-state index contributed by atoms with van der Waals surface area (Å²) in [6.07, 6.45) is 1.67. The van der Waals surface area contributed by atoms with Gasteiger partial charge in [-0.1, -0.05) is 48.0 Å². The first-order chi connectivity index (χ1) is 16.6. The second kappa shape index (κ2) is 10.6. The molecule has 0 bridgehead atoms. The predicted octanol–water partition coefficient (Wildman–Crippen LogP) is 2.78. The van der Waals surface area contributed by atoms with Gasteiger partial charge in [-0.3, -0.25) is 9.59 Å². The number of amides is 2. The van der Waals surface area contributed by atoms with E-state index in [4.69, 9.17) is 11.6 Å². The van der Waals surface area contributed by atoms with Gasteiger partial charge < -0.3 is 15.1 Å². The van der Waals surface area contributed by atoms with Crippen molar-refractivity contribution in [2.24, 2.45) is 11.8 Å². The van der Waals surface area contributed by atoms with Crippen molar-refractivity contribution < 1.29 is 22.4 Å². The molecule has 3 atom stereocenters. The van der Waals surface area contributed by atoms with Crippen molar-refractivity contribution in [3.05, 3.63) is 70.5 Å². The molecular formula is C25H29ClFN3O4S. The molecule has 0 spiro atoms. The Labute approximate surface area is 210 Å². The van der Waals surface area contributed by atoms with Gasteiger partial charge in [0, 0.05) is 39.0 Å². The Kier molecular flexibility index (Phi) is 7.78. The van der Waals surface area contributed by atoms with E-state index >= 15 is 0 Å². The molecule has 4 rings (SSSR count). The Hall–Kier alpha value is -2.49. The van der Waals surface area contributed by atoms with Crippen LogP contribution in [0, 0.1) is 17.7 Å². The fraction of sp³-hybridized carbons (Fsp3) is 0.440. The smallest absolute Gasteiger partial charge is 0.258 e. The molecule has 2 saturated heterocycles. The summed E-state index contributed by atoms with van der Waals surface area (Å²) >= 11 is 6.08. The molecule has 3 unspecified atom stereocenters. The van der Waals surface area contributed by atoms with Crippen LogP contribution in [0.25, 0.3) is 0 Å². The van der Waals surface area contributed by atoms with Crippen molar-refractivity contribution in [3.8, 4) is 0 Å². The summed E-state index contributed by atoms with van der Waals surface area (Å²) in [6.45, 7) is 3.44. The zero-order valence-corrected chi connectivity index (χ0v) is 21.1. The number of carbonyl (C=O) groups excluding carboxylic acids is 2. The maximum atomic E-state index is 14.2. The third-order valence-electron chi connectivity index (χ3n) is 6.69. The molecule has 10 heteroatoms. The van der Waals surface area contributed by atoms with Gasteiger partial charge in [0.05, 0.1) is 16.6 Å². The summed E-state index contributed by atoms with van der Waals surface area (Å²) in [5.74, 6) is -1.45. The minimum Gasteiger partial charge on any atom is -0.348 e. The van der Waals surface area contributed by atoms with E-state index in [1.165, 1.54) is 18.2 Å². The lowest BCUT2D eigenvalue weighted by Gasteiger charge is -2.25. The summed E-state index contributed by atoms with van der Waals surface area (Å²) in [4.78, 5) is 29.2. The van der Waals surface area contributed by atoms with E-state index in [1.807, 2.05) is 30.3 Å². The molecular weight excluding hydrogens is 493 g/mol. The van der Waals surface area contributed by atoms with Gasteiger partial charge in [0.15, 0.2) is 9.84 Å². The lowest BCUT2D eigenvalue weighted by molar-refractivity contribution is -0.119. The molecule has 2 aromatic rings. The Balaban J connectivity index is 1.34. The average Bonchev–Trinajstić information content (AvgIpc) is 3.35. The Morgan fingerprint density at radius 3 is 2.31 bits per heavy atom. The molecule has 0 radical (unpaired) electrons. The second-order valence-corrected chi connectivity index (χ2v) is 12.0. The number of sulfone groups is 1. The van der Waals surface area contributed by atoms with Gasteiger partial charge in [0.2, 0.25) is 5.91 Å². The average molecular weight is 522 g/mol. The molecule has 1 N–H and O–H groups in total. The highest BCUT2D eigenvalue weighted by Gasteiger charge is 2.42. The molecule has 2 aliphatic heterocycles. The maximum absolute atomic E-state index is 14.2. The number of likely N-dealkylation sites (tertiary alicyclic amines) is 2. The molecule has 2 heterocycles. The van der Waals surface area contributed by atoms with Crippen LogP contribution < -0.4 is 5.32 Å². The quantitative estimate of drug-likeness (QED) is 0.577. The van der Waals surface area contributed by atoms with Crippen LogP contribution in [-0.2, 0) is 14.6 Å². The molecule has 2 aromatic carbocycles. The lowest BCUT2D eigenvalue weighted by atomic mass is 10.0. The standard InChI is InChI=1S/C25H29ClFN3O4S/c1-35(33,34)16-23(31)28-22(17-6-3-2-4-7-17)10-11-29-12-18-14-30(15-19(18)13-29)25(32)24-20(26)8-5-9-21(24)27/h2-9,18-19,22H,10-16H2,1H3,(H,28,31). The highest BCUT2D eigenvalue weighted by atomic mass is 35.5. The van der Waals surface area contributed by atoms with Crippen molar-refractivity contribution in [2.75, 3.05) is 44.7 Å². The number of benzene rings is 2. The molecule has 188 valence electrons. The Morgan fingerprint density at radius 1 is 1.06 bits per heavy atom. The van der Waals surface area contributed by atoms with E-state index in [0.29, 0.717) is 31.3 Å². The molecule has 35 heavy (non-hydrogen) atoms. The summed E-state index contributed by atoms with van der Waals surface area (Å²) in [5, 5.41) is 2.99. The number of fused-ring (bicyclic) bond motifs is 1. The van der Waals surface area contributed by atoms with E-state index in [0.717, 1.165) is 31.5 Å². The van der Waals surface area contributed by atoms with E-state index in [9.17, 15) is 22.4 Å². The summed E-state index contributed by atoms with van der Waals surface area (Å²) < 4.78 is 37.2. The van der Waals surface area contributed by atoms with E-state index < -0.39 is 27.3 Å². The van der Waals surface area contributed by atoms with Crippen LogP contribution in [0.15, 0.2) is 48.5 Å². The van der Waals surface area contributed by atoms with Gasteiger partial charge in [0.1, 0.15) is 11.6 Å². The van der Waals surface area contributed by atoms with Gasteiger partial charge in [-0.05, 0) is 36.0 Å². The molecule has 0 saturated carbocycles. The highest BCUT2D eigenvalue weighted by Crippen LogP contribution is 2.33. The lowest BCUT2D eigenvalue weighted by Crippen LogP contribution is -2.37. The Morgan fingerprint density at radius 2 is 1.71 bits per heavy atom. The minimum atomic E-state index is -3.42. The van der Waals surface area contributed by atoms with Gasteiger partial charge >= 0.3 is 0 Å². The van der Waals surface area contributed by atoms with Crippen molar-refractivity contribution in [1.29, 1.82) is 0 Å². The van der Waals surface area contributed by atoms with Crippen LogP contribution in [0.5, 0.6) is 0 Å². The van der Waals surface area contributed by atoms with Crippen LogP contribution in [0.1, 0.15) is 28.4 Å². The van der Waals surface area contributed by atoms with Crippen LogP contribution in [0.2, 0.25) is 5.02 Å². The third-order valence-corrected chi connectivity index (χ3v) is 7.79. The van der Waals surface area contributed by atoms with Crippen molar-refractivity contribution in [1.82, 2.24) is 15.1 Å². The SMILES string of the molecule is CS(=O)(=O)CC(=O)NC(CCN1CC2CN(C(=O)c3c(F)cccc3Cl)CC2C1)c1ccccc1. The van der Waals surface area contributed by atoms with Gasteiger partial charge in [-0.2, -0.15) is 0 Å². The topological polar surface area (TPSA) is 86.8 Å². The summed E-state index contributed by atoms with van der Waals surface area (Å²) in [7, 11) is -3.42. The predicted molar refractivity (Wildman–Crippen MR) is 132 cm³/mol. The van der Waals surface area contributed by atoms with Crippen LogP contribution in [-0.4, -0.2) is 74.8 Å². The number of halogens is 2. The van der Waals surface area contributed by atoms with Crippen molar-refractivity contribution >= 4 is 33.3 Å². The number of hydrogen-bond donors (Lipinski definition) is 1. The number of carbonyl (C=O) groups is 2. The summed E-state index contributed by atoms with van der Waals surface area (Å²) in [5.41, 5.74) is 0.855. The number of hydrogen-bond acceptors (Lipinski definition) is 5. The first kappa shape index (κ1) is 25.6. The molecule has 7 nitrogen and oxygen atoms in total. The summed E-state index contributed by atoms with van der Waals surface area (Å²) in [6, 6.07) is 13.5. The monoisotopic (exact) mass is 521 g/mol. The molecule has 2 fully saturated rings. The van der Waals surface area contributed by atoms with E-state index in [-0.39, 0.29) is 22.5 Å². The Bertz CT molecular complexity index is 1160. The molecule has 2 aliphatic rings. The molecule has 0 aliphatic carbocycles. The first-order valence-corrected chi connectivity index (χ1v) is 14.0. The van der Waals surface area contributed by atoms with Crippen LogP contribution in [0.3, 0.4) is 0 Å². The van der Waals surface area contributed by atoms with Crippen molar-refractivity contribution in [2.45, 2.75) is 12.5 Å². The highest BCUT2D eigenvalue weighted by molar-refractivity contribution is 7.91. The number of rotatable bonds is 8. The number of nitrogens with one attached hydrogen (secondary N) is 1. The third kappa shape index (κ3) is 6.39. The van der Waals surface area contributed by atoms with E-state index in [1.54, 1.807) is 4.90 Å². The van der Waals surface area contributed by atoms with Gasteiger partial charge in [-0.25, -0.2) is 12.8 Å². The van der Waals surface area contributed by atoms with Gasteiger partial charge in [0.25, 0.3) is 5.91 Å². The first-order valence-electron chi connectivity index (χ1n) is 11.6. The molecule has 0 aromatic heterocycles. The number of nitrogens with zero attached hydrogens (tertiary/aromatic N) is 2.